The second kappa shape index (κ2) is 6.08. The maximum absolute atomic E-state index is 6.44. The fraction of sp³-hybridized carbons (Fsp3) is 0.333. The summed E-state index contributed by atoms with van der Waals surface area (Å²) in [6, 6.07) is 8.67. The van der Waals surface area contributed by atoms with Crippen LogP contribution in [0.5, 0.6) is 5.75 Å². The topological polar surface area (TPSA) is 37.0 Å². The minimum absolute atomic E-state index is 0.0585. The van der Waals surface area contributed by atoms with Crippen molar-refractivity contribution in [3.8, 4) is 5.75 Å². The van der Waals surface area contributed by atoms with Gasteiger partial charge in [-0.25, -0.2) is 0 Å². The number of aromatic nitrogens is 1. The van der Waals surface area contributed by atoms with Crippen LogP contribution in [0.25, 0.3) is 10.9 Å². The Kier molecular flexibility index (Phi) is 4.01. The van der Waals surface area contributed by atoms with Crippen molar-refractivity contribution in [3.05, 3.63) is 62.8 Å². The Bertz CT molecular complexity index is 974. The molecule has 3 nitrogen and oxygen atoms in total. The summed E-state index contributed by atoms with van der Waals surface area (Å²) in [6.45, 7) is 7.35. The van der Waals surface area contributed by atoms with Crippen molar-refractivity contribution in [1.29, 1.82) is 0 Å². The number of hydrogen-bond acceptors (Lipinski definition) is 2. The smallest absolute Gasteiger partial charge is 0.142 e. The standard InChI is InChI=1S/C21H23ClN2O/c1-11-7-13(3)18-14-5-6-23-19(20(14)24-17(18)10-11)15-8-12(2)9-16(22)21(15)25-4/h7-10,19,23-24H,5-6H2,1-4H3. The second-order valence-electron chi connectivity index (χ2n) is 7.03. The third-order valence-corrected chi connectivity index (χ3v) is 5.40. The van der Waals surface area contributed by atoms with Crippen molar-refractivity contribution in [3.63, 3.8) is 0 Å². The fourth-order valence-corrected chi connectivity index (χ4v) is 4.58. The molecule has 2 heterocycles. The summed E-state index contributed by atoms with van der Waals surface area (Å²) in [4.78, 5) is 3.68. The van der Waals surface area contributed by atoms with E-state index in [0.717, 1.165) is 29.8 Å². The van der Waals surface area contributed by atoms with E-state index in [1.54, 1.807) is 7.11 Å². The first-order valence-electron chi connectivity index (χ1n) is 8.68. The summed E-state index contributed by atoms with van der Waals surface area (Å²) >= 11 is 6.44. The quantitative estimate of drug-likeness (QED) is 0.680. The van der Waals surface area contributed by atoms with E-state index in [-0.39, 0.29) is 6.04 Å². The first kappa shape index (κ1) is 16.5. The molecule has 3 aromatic rings. The van der Waals surface area contributed by atoms with Crippen molar-refractivity contribution in [2.24, 2.45) is 0 Å². The number of fused-ring (bicyclic) bond motifs is 3. The molecule has 0 bridgehead atoms. The Balaban J connectivity index is 1.96. The molecule has 0 fully saturated rings. The van der Waals surface area contributed by atoms with Crippen molar-refractivity contribution in [1.82, 2.24) is 10.3 Å². The van der Waals surface area contributed by atoms with Crippen LogP contribution in [-0.2, 0) is 6.42 Å². The molecule has 0 saturated carbocycles. The maximum Gasteiger partial charge on any atom is 0.142 e. The lowest BCUT2D eigenvalue weighted by Gasteiger charge is -2.27. The van der Waals surface area contributed by atoms with Gasteiger partial charge in [0.2, 0.25) is 0 Å². The monoisotopic (exact) mass is 354 g/mol. The lowest BCUT2D eigenvalue weighted by molar-refractivity contribution is 0.402. The number of H-pyrrole nitrogens is 1. The predicted octanol–water partition coefficient (Wildman–Crippen LogP) is 4.99. The van der Waals surface area contributed by atoms with Crippen LogP contribution in [-0.4, -0.2) is 18.6 Å². The largest absolute Gasteiger partial charge is 0.495 e. The molecule has 2 aromatic carbocycles. The van der Waals surface area contributed by atoms with Gasteiger partial charge in [-0.1, -0.05) is 23.7 Å². The zero-order chi connectivity index (χ0) is 17.7. The van der Waals surface area contributed by atoms with Crippen LogP contribution in [0.2, 0.25) is 5.02 Å². The van der Waals surface area contributed by atoms with Gasteiger partial charge in [-0.2, -0.15) is 0 Å². The van der Waals surface area contributed by atoms with Gasteiger partial charge in [0, 0.05) is 28.7 Å². The molecule has 0 aliphatic carbocycles. The third kappa shape index (κ3) is 2.62. The van der Waals surface area contributed by atoms with E-state index in [1.807, 2.05) is 6.07 Å². The van der Waals surface area contributed by atoms with Gasteiger partial charge in [-0.15, -0.1) is 0 Å². The first-order valence-corrected chi connectivity index (χ1v) is 9.06. The molecule has 0 amide bonds. The predicted molar refractivity (Wildman–Crippen MR) is 104 cm³/mol. The van der Waals surface area contributed by atoms with E-state index in [9.17, 15) is 0 Å². The average Bonchev–Trinajstić information content (AvgIpc) is 2.92. The minimum atomic E-state index is 0.0585. The number of aryl methyl sites for hydroxylation is 3. The Morgan fingerprint density at radius 3 is 2.60 bits per heavy atom. The fourth-order valence-electron chi connectivity index (χ4n) is 4.22. The van der Waals surface area contributed by atoms with Gasteiger partial charge in [0.15, 0.2) is 0 Å². The number of halogens is 1. The Hall–Kier alpha value is -1.97. The number of aromatic amines is 1. The molecule has 0 radical (unpaired) electrons. The minimum Gasteiger partial charge on any atom is -0.495 e. The van der Waals surface area contributed by atoms with Crippen LogP contribution in [0.4, 0.5) is 0 Å². The van der Waals surface area contributed by atoms with Gasteiger partial charge in [0.05, 0.1) is 18.2 Å². The summed E-state index contributed by atoms with van der Waals surface area (Å²) < 4.78 is 5.63. The number of nitrogens with one attached hydrogen (secondary N) is 2. The van der Waals surface area contributed by atoms with Crippen LogP contribution in [0, 0.1) is 20.8 Å². The van der Waals surface area contributed by atoms with Crippen LogP contribution in [0.15, 0.2) is 24.3 Å². The number of hydrogen-bond donors (Lipinski definition) is 2. The zero-order valence-electron chi connectivity index (χ0n) is 15.1. The first-order chi connectivity index (χ1) is 12.0. The number of methoxy groups -OCH3 is 1. The number of rotatable bonds is 2. The Morgan fingerprint density at radius 2 is 1.84 bits per heavy atom. The van der Waals surface area contributed by atoms with Crippen molar-refractivity contribution in [2.45, 2.75) is 33.2 Å². The van der Waals surface area contributed by atoms with Crippen LogP contribution in [0.3, 0.4) is 0 Å². The molecular formula is C21H23ClN2O. The summed E-state index contributed by atoms with van der Waals surface area (Å²) in [5, 5.41) is 5.67. The van der Waals surface area contributed by atoms with Crippen molar-refractivity contribution >= 4 is 22.5 Å². The van der Waals surface area contributed by atoms with Gasteiger partial charge in [0.25, 0.3) is 0 Å². The van der Waals surface area contributed by atoms with E-state index in [4.69, 9.17) is 16.3 Å². The molecule has 1 atom stereocenters. The molecule has 4 rings (SSSR count). The summed E-state index contributed by atoms with van der Waals surface area (Å²) in [5.41, 5.74) is 8.71. The van der Waals surface area contributed by atoms with Crippen molar-refractivity contribution in [2.75, 3.05) is 13.7 Å². The molecule has 1 unspecified atom stereocenters. The van der Waals surface area contributed by atoms with Gasteiger partial charge in [-0.05, 0) is 61.6 Å². The highest BCUT2D eigenvalue weighted by Gasteiger charge is 2.29. The maximum atomic E-state index is 6.44. The van der Waals surface area contributed by atoms with E-state index in [2.05, 4.69) is 49.3 Å². The molecule has 25 heavy (non-hydrogen) atoms. The van der Waals surface area contributed by atoms with Gasteiger partial charge < -0.3 is 15.0 Å². The third-order valence-electron chi connectivity index (χ3n) is 5.12. The average molecular weight is 355 g/mol. The molecule has 1 aliphatic heterocycles. The zero-order valence-corrected chi connectivity index (χ0v) is 15.8. The van der Waals surface area contributed by atoms with E-state index < -0.39 is 0 Å². The summed E-state index contributed by atoms with van der Waals surface area (Å²) in [6.07, 6.45) is 1.03. The number of benzene rings is 2. The molecule has 0 saturated heterocycles. The molecule has 1 aliphatic rings. The van der Waals surface area contributed by atoms with Gasteiger partial charge in [0.1, 0.15) is 5.75 Å². The molecule has 4 heteroatoms. The van der Waals surface area contributed by atoms with Gasteiger partial charge in [-0.3, -0.25) is 0 Å². The van der Waals surface area contributed by atoms with Crippen LogP contribution >= 0.6 is 11.6 Å². The Labute approximate surface area is 153 Å². The summed E-state index contributed by atoms with van der Waals surface area (Å²) in [7, 11) is 1.68. The summed E-state index contributed by atoms with van der Waals surface area (Å²) in [5.74, 6) is 0.754. The Morgan fingerprint density at radius 1 is 1.08 bits per heavy atom. The van der Waals surface area contributed by atoms with E-state index in [1.165, 1.54) is 33.3 Å². The van der Waals surface area contributed by atoms with Crippen LogP contribution in [0.1, 0.15) is 39.6 Å². The van der Waals surface area contributed by atoms with Crippen molar-refractivity contribution < 1.29 is 4.74 Å². The van der Waals surface area contributed by atoms with Gasteiger partial charge >= 0.3 is 0 Å². The number of ether oxygens (including phenoxy) is 1. The molecule has 0 spiro atoms. The van der Waals surface area contributed by atoms with Crippen LogP contribution < -0.4 is 10.1 Å². The van der Waals surface area contributed by atoms with E-state index >= 15 is 0 Å². The SMILES string of the molecule is COc1c(Cl)cc(C)cc1C1NCCc2c1[nH]c1cc(C)cc(C)c21. The lowest BCUT2D eigenvalue weighted by atomic mass is 9.91. The molecule has 130 valence electrons. The highest BCUT2D eigenvalue weighted by atomic mass is 35.5. The highest BCUT2D eigenvalue weighted by Crippen LogP contribution is 2.41. The second-order valence-corrected chi connectivity index (χ2v) is 7.44. The highest BCUT2D eigenvalue weighted by molar-refractivity contribution is 6.32. The van der Waals surface area contributed by atoms with E-state index in [0.29, 0.717) is 5.02 Å². The molecule has 1 aromatic heterocycles. The molecule has 2 N–H and O–H groups in total. The lowest BCUT2D eigenvalue weighted by Crippen LogP contribution is -2.30. The normalized spacial score (nSPS) is 16.9. The molecular weight excluding hydrogens is 332 g/mol.